The average Bonchev–Trinajstić information content (AvgIpc) is 1.95. The molecule has 58 valence electrons. The Balaban J connectivity index is 2.68. The van der Waals surface area contributed by atoms with Crippen molar-refractivity contribution in [3.63, 3.8) is 0 Å². The van der Waals surface area contributed by atoms with Gasteiger partial charge < -0.3 is 4.74 Å². The molecule has 0 saturated carbocycles. The molecule has 0 fully saturated rings. The Bertz CT molecular complexity index is 147. The van der Waals surface area contributed by atoms with Crippen molar-refractivity contribution in [3.05, 3.63) is 11.1 Å². The summed E-state index contributed by atoms with van der Waals surface area (Å²) in [6, 6.07) is 0. The van der Waals surface area contributed by atoms with Crippen molar-refractivity contribution in [1.29, 1.82) is 0 Å². The first-order valence-corrected chi connectivity index (χ1v) is 3.94. The fraction of sp³-hybridized carbons (Fsp3) is 0.778. The Kier molecular flexibility index (Phi) is 2.50. The summed E-state index contributed by atoms with van der Waals surface area (Å²) in [7, 11) is 1.80. The standard InChI is InChI=1S/C9H16O/c1-7-5-4-6-9(10-3)8(7)2/h9H,4-6H2,1-3H3. The lowest BCUT2D eigenvalue weighted by atomic mass is 9.91. The normalized spacial score (nSPS) is 27.3. The van der Waals surface area contributed by atoms with Gasteiger partial charge in [0.25, 0.3) is 0 Å². The highest BCUT2D eigenvalue weighted by atomic mass is 16.5. The van der Waals surface area contributed by atoms with Crippen LogP contribution in [-0.2, 0) is 4.74 Å². The zero-order valence-corrected chi connectivity index (χ0v) is 7.11. The number of hydrogen-bond donors (Lipinski definition) is 0. The van der Waals surface area contributed by atoms with E-state index in [1.165, 1.54) is 30.4 Å². The number of hydrogen-bond acceptors (Lipinski definition) is 1. The van der Waals surface area contributed by atoms with Crippen LogP contribution in [0.3, 0.4) is 0 Å². The molecule has 0 aromatic heterocycles. The molecule has 0 aliphatic heterocycles. The van der Waals surface area contributed by atoms with Gasteiger partial charge in [-0.3, -0.25) is 0 Å². The lowest BCUT2D eigenvalue weighted by Crippen LogP contribution is -2.16. The third kappa shape index (κ3) is 1.40. The Labute approximate surface area is 63.1 Å². The maximum absolute atomic E-state index is 5.32. The van der Waals surface area contributed by atoms with Crippen LogP contribution in [0, 0.1) is 0 Å². The molecule has 1 nitrogen and oxygen atoms in total. The van der Waals surface area contributed by atoms with Gasteiger partial charge in [0.05, 0.1) is 6.10 Å². The maximum Gasteiger partial charge on any atom is 0.0781 e. The molecule has 0 spiro atoms. The second-order valence-electron chi connectivity index (χ2n) is 3.08. The van der Waals surface area contributed by atoms with Gasteiger partial charge in [-0.05, 0) is 38.7 Å². The third-order valence-electron chi connectivity index (χ3n) is 2.46. The molecule has 0 N–H and O–H groups in total. The number of rotatable bonds is 1. The Morgan fingerprint density at radius 1 is 1.40 bits per heavy atom. The molecule has 0 saturated heterocycles. The predicted molar refractivity (Wildman–Crippen MR) is 43.0 cm³/mol. The van der Waals surface area contributed by atoms with Crippen LogP contribution >= 0.6 is 0 Å². The van der Waals surface area contributed by atoms with Crippen LogP contribution in [0.15, 0.2) is 11.1 Å². The first-order chi connectivity index (χ1) is 4.75. The van der Waals surface area contributed by atoms with Crippen molar-refractivity contribution in [2.24, 2.45) is 0 Å². The first-order valence-electron chi connectivity index (χ1n) is 3.94. The molecule has 0 aromatic carbocycles. The molecule has 0 aromatic rings. The van der Waals surface area contributed by atoms with Crippen molar-refractivity contribution in [3.8, 4) is 0 Å². The van der Waals surface area contributed by atoms with E-state index < -0.39 is 0 Å². The van der Waals surface area contributed by atoms with E-state index in [0.717, 1.165) is 0 Å². The fourth-order valence-electron chi connectivity index (χ4n) is 1.54. The van der Waals surface area contributed by atoms with Gasteiger partial charge in [-0.1, -0.05) is 5.57 Å². The minimum absolute atomic E-state index is 0.411. The van der Waals surface area contributed by atoms with Crippen LogP contribution in [-0.4, -0.2) is 13.2 Å². The molecule has 1 heteroatoms. The Morgan fingerprint density at radius 2 is 2.10 bits per heavy atom. The van der Waals surface area contributed by atoms with Crippen LogP contribution in [0.4, 0.5) is 0 Å². The van der Waals surface area contributed by atoms with E-state index >= 15 is 0 Å². The third-order valence-corrected chi connectivity index (χ3v) is 2.46. The average molecular weight is 140 g/mol. The summed E-state index contributed by atoms with van der Waals surface area (Å²) in [6.45, 7) is 4.39. The largest absolute Gasteiger partial charge is 0.377 e. The van der Waals surface area contributed by atoms with Gasteiger partial charge in [-0.2, -0.15) is 0 Å². The molecular formula is C9H16O. The summed E-state index contributed by atoms with van der Waals surface area (Å²) in [5.74, 6) is 0. The zero-order chi connectivity index (χ0) is 7.56. The van der Waals surface area contributed by atoms with Gasteiger partial charge in [-0.15, -0.1) is 0 Å². The highest BCUT2D eigenvalue weighted by Crippen LogP contribution is 2.25. The van der Waals surface area contributed by atoms with Crippen molar-refractivity contribution >= 4 is 0 Å². The van der Waals surface area contributed by atoms with Crippen LogP contribution < -0.4 is 0 Å². The van der Waals surface area contributed by atoms with Crippen molar-refractivity contribution in [1.82, 2.24) is 0 Å². The van der Waals surface area contributed by atoms with E-state index in [1.807, 2.05) is 0 Å². The summed E-state index contributed by atoms with van der Waals surface area (Å²) in [5, 5.41) is 0. The Hall–Kier alpha value is -0.300. The van der Waals surface area contributed by atoms with Gasteiger partial charge in [0.2, 0.25) is 0 Å². The number of methoxy groups -OCH3 is 1. The van der Waals surface area contributed by atoms with E-state index in [4.69, 9.17) is 4.74 Å². The smallest absolute Gasteiger partial charge is 0.0781 e. The quantitative estimate of drug-likeness (QED) is 0.508. The second kappa shape index (κ2) is 3.20. The number of ether oxygens (including phenoxy) is 1. The van der Waals surface area contributed by atoms with Crippen LogP contribution in [0.25, 0.3) is 0 Å². The van der Waals surface area contributed by atoms with Crippen molar-refractivity contribution in [2.75, 3.05) is 7.11 Å². The van der Waals surface area contributed by atoms with Gasteiger partial charge in [0.15, 0.2) is 0 Å². The van der Waals surface area contributed by atoms with Crippen molar-refractivity contribution in [2.45, 2.75) is 39.2 Å². The summed E-state index contributed by atoms with van der Waals surface area (Å²) in [4.78, 5) is 0. The summed E-state index contributed by atoms with van der Waals surface area (Å²) in [5.41, 5.74) is 2.98. The van der Waals surface area contributed by atoms with E-state index in [9.17, 15) is 0 Å². The molecule has 1 unspecified atom stereocenters. The summed E-state index contributed by atoms with van der Waals surface area (Å²) >= 11 is 0. The fourth-order valence-corrected chi connectivity index (χ4v) is 1.54. The van der Waals surface area contributed by atoms with E-state index in [1.54, 1.807) is 7.11 Å². The van der Waals surface area contributed by atoms with Gasteiger partial charge in [0, 0.05) is 7.11 Å². The lowest BCUT2D eigenvalue weighted by Gasteiger charge is -2.23. The molecule has 1 atom stereocenters. The second-order valence-corrected chi connectivity index (χ2v) is 3.08. The molecule has 1 aliphatic rings. The molecule has 1 rings (SSSR count). The van der Waals surface area contributed by atoms with Crippen LogP contribution in [0.2, 0.25) is 0 Å². The molecule has 10 heavy (non-hydrogen) atoms. The molecule has 0 radical (unpaired) electrons. The number of allylic oxidation sites excluding steroid dienone is 1. The van der Waals surface area contributed by atoms with Gasteiger partial charge in [-0.25, -0.2) is 0 Å². The lowest BCUT2D eigenvalue weighted by molar-refractivity contribution is 0.116. The predicted octanol–water partition coefficient (Wildman–Crippen LogP) is 2.52. The molecule has 0 heterocycles. The maximum atomic E-state index is 5.32. The van der Waals surface area contributed by atoms with Gasteiger partial charge in [0.1, 0.15) is 0 Å². The Morgan fingerprint density at radius 3 is 2.60 bits per heavy atom. The molecular weight excluding hydrogens is 124 g/mol. The summed E-state index contributed by atoms with van der Waals surface area (Å²) < 4.78 is 5.32. The summed E-state index contributed by atoms with van der Waals surface area (Å²) in [6.07, 6.45) is 4.18. The highest BCUT2D eigenvalue weighted by Gasteiger charge is 2.15. The van der Waals surface area contributed by atoms with E-state index in [2.05, 4.69) is 13.8 Å². The monoisotopic (exact) mass is 140 g/mol. The van der Waals surface area contributed by atoms with Crippen molar-refractivity contribution < 1.29 is 4.74 Å². The van der Waals surface area contributed by atoms with E-state index in [0.29, 0.717) is 6.10 Å². The topological polar surface area (TPSA) is 9.23 Å². The van der Waals surface area contributed by atoms with Gasteiger partial charge >= 0.3 is 0 Å². The van der Waals surface area contributed by atoms with E-state index in [-0.39, 0.29) is 0 Å². The van der Waals surface area contributed by atoms with Crippen LogP contribution in [0.1, 0.15) is 33.1 Å². The molecule has 0 amide bonds. The zero-order valence-electron chi connectivity index (χ0n) is 7.11. The molecule has 0 bridgehead atoms. The first kappa shape index (κ1) is 7.80. The SMILES string of the molecule is COC1CCCC(C)=C1C. The van der Waals surface area contributed by atoms with Crippen LogP contribution in [0.5, 0.6) is 0 Å². The minimum Gasteiger partial charge on any atom is -0.377 e. The highest BCUT2D eigenvalue weighted by molar-refractivity contribution is 5.17. The molecule has 1 aliphatic carbocycles. The minimum atomic E-state index is 0.411.